The summed E-state index contributed by atoms with van der Waals surface area (Å²) in [6, 6.07) is 15.9. The van der Waals surface area contributed by atoms with Gasteiger partial charge in [-0.15, -0.1) is 10.2 Å². The predicted octanol–water partition coefficient (Wildman–Crippen LogP) is 5.05. The van der Waals surface area contributed by atoms with Crippen LogP contribution in [-0.4, -0.2) is 42.1 Å². The number of nitrogens with zero attached hydrogens (tertiary/aromatic N) is 6. The van der Waals surface area contributed by atoms with Crippen molar-refractivity contribution in [1.29, 1.82) is 0 Å². The van der Waals surface area contributed by atoms with E-state index in [9.17, 15) is 4.79 Å². The van der Waals surface area contributed by atoms with Crippen LogP contribution in [0.5, 0.6) is 0 Å². The predicted molar refractivity (Wildman–Crippen MR) is 133 cm³/mol. The summed E-state index contributed by atoms with van der Waals surface area (Å²) in [5.41, 5.74) is 4.01. The van der Waals surface area contributed by atoms with E-state index in [4.69, 9.17) is 9.52 Å². The van der Waals surface area contributed by atoms with Crippen molar-refractivity contribution in [3.05, 3.63) is 84.1 Å². The Bertz CT molecular complexity index is 1360. The van der Waals surface area contributed by atoms with Crippen LogP contribution in [0.25, 0.3) is 11.4 Å². The van der Waals surface area contributed by atoms with Crippen molar-refractivity contribution in [2.75, 3.05) is 5.75 Å². The van der Waals surface area contributed by atoms with Gasteiger partial charge in [0.05, 0.1) is 17.7 Å². The second-order valence-corrected chi connectivity index (χ2v) is 9.77. The highest BCUT2D eigenvalue weighted by Gasteiger charge is 2.36. The zero-order valence-electron chi connectivity index (χ0n) is 19.2. The number of aromatic nitrogens is 4. The molecule has 0 N–H and O–H groups in total. The maximum absolute atomic E-state index is 13.4. The molecule has 9 heteroatoms. The van der Waals surface area contributed by atoms with Crippen molar-refractivity contribution in [1.82, 2.24) is 24.8 Å². The standard InChI is InChI=1S/C26H24N6O2S/c1-17-6-8-18(9-7-17)21-14-22(23-5-3-13-34-23)32(30-21)24(33)16-35-26-29-28-25(31(26)20-10-11-20)19-4-2-12-27-15-19/h2-9,12-13,15,20,22H,10-11,14,16H2,1H3. The molecule has 0 radical (unpaired) electrons. The summed E-state index contributed by atoms with van der Waals surface area (Å²) in [7, 11) is 0. The third kappa shape index (κ3) is 4.39. The lowest BCUT2D eigenvalue weighted by Gasteiger charge is -2.19. The Morgan fingerprint density at radius 2 is 1.94 bits per heavy atom. The lowest BCUT2D eigenvalue weighted by molar-refractivity contribution is -0.130. The minimum Gasteiger partial charge on any atom is -0.467 e. The van der Waals surface area contributed by atoms with Gasteiger partial charge in [-0.1, -0.05) is 41.6 Å². The monoisotopic (exact) mass is 484 g/mol. The van der Waals surface area contributed by atoms with E-state index in [1.807, 2.05) is 36.4 Å². The molecule has 0 bridgehead atoms. The number of aryl methyl sites for hydroxylation is 1. The van der Waals surface area contributed by atoms with Gasteiger partial charge in [-0.3, -0.25) is 14.3 Å². The Morgan fingerprint density at radius 1 is 1.09 bits per heavy atom. The summed E-state index contributed by atoms with van der Waals surface area (Å²) in [6.07, 6.45) is 7.95. The quantitative estimate of drug-likeness (QED) is 0.341. The number of hydrazone groups is 1. The van der Waals surface area contributed by atoms with Crippen LogP contribution in [0.2, 0.25) is 0 Å². The van der Waals surface area contributed by atoms with E-state index in [0.717, 1.165) is 46.4 Å². The third-order valence-electron chi connectivity index (χ3n) is 6.24. The minimum atomic E-state index is -0.262. The molecule has 1 fully saturated rings. The normalized spacial score (nSPS) is 17.6. The Labute approximate surface area is 207 Å². The maximum Gasteiger partial charge on any atom is 0.253 e. The number of furan rings is 1. The van der Waals surface area contributed by atoms with Crippen molar-refractivity contribution in [3.63, 3.8) is 0 Å². The molecule has 0 spiro atoms. The first kappa shape index (κ1) is 21.8. The van der Waals surface area contributed by atoms with Gasteiger partial charge in [0.25, 0.3) is 5.91 Å². The van der Waals surface area contributed by atoms with Gasteiger partial charge in [0.1, 0.15) is 11.8 Å². The number of pyridine rings is 1. The number of hydrogen-bond acceptors (Lipinski definition) is 7. The van der Waals surface area contributed by atoms with Crippen molar-refractivity contribution in [2.24, 2.45) is 5.10 Å². The van der Waals surface area contributed by atoms with E-state index >= 15 is 0 Å². The molecular weight excluding hydrogens is 460 g/mol. The fraction of sp³-hybridized carbons (Fsp3) is 0.269. The minimum absolute atomic E-state index is 0.0909. The SMILES string of the molecule is Cc1ccc(C2=NN(C(=O)CSc3nnc(-c4cccnc4)n3C3CC3)C(c3ccco3)C2)cc1. The highest BCUT2D eigenvalue weighted by Crippen LogP contribution is 2.41. The first-order chi connectivity index (χ1) is 17.2. The van der Waals surface area contributed by atoms with Crippen LogP contribution in [-0.2, 0) is 4.79 Å². The molecule has 176 valence electrons. The Balaban J connectivity index is 1.24. The van der Waals surface area contributed by atoms with Crippen molar-refractivity contribution < 1.29 is 9.21 Å². The molecule has 1 aromatic carbocycles. The first-order valence-corrected chi connectivity index (χ1v) is 12.6. The molecular formula is C26H24N6O2S. The number of carbonyl (C=O) groups is 1. The van der Waals surface area contributed by atoms with Crippen LogP contribution < -0.4 is 0 Å². The van der Waals surface area contributed by atoms with Gasteiger partial charge in [-0.05, 0) is 49.6 Å². The number of rotatable bonds is 7. The fourth-order valence-corrected chi connectivity index (χ4v) is 5.14. The van der Waals surface area contributed by atoms with Crippen LogP contribution in [0.4, 0.5) is 0 Å². The van der Waals surface area contributed by atoms with Crippen LogP contribution in [0.15, 0.2) is 81.9 Å². The fourth-order valence-electron chi connectivity index (χ4n) is 4.28. The average Bonchev–Trinajstić information content (AvgIpc) is 3.28. The molecule has 35 heavy (non-hydrogen) atoms. The number of benzene rings is 1. The van der Waals surface area contributed by atoms with E-state index in [-0.39, 0.29) is 17.7 Å². The molecule has 2 aliphatic rings. The summed E-state index contributed by atoms with van der Waals surface area (Å²) in [5.74, 6) is 1.64. The number of carbonyl (C=O) groups excluding carboxylic acids is 1. The van der Waals surface area contributed by atoms with Crippen molar-refractivity contribution >= 4 is 23.4 Å². The molecule has 6 rings (SSSR count). The van der Waals surface area contributed by atoms with Gasteiger partial charge in [0.2, 0.25) is 0 Å². The molecule has 1 unspecified atom stereocenters. The highest BCUT2D eigenvalue weighted by atomic mass is 32.2. The molecule has 1 aliphatic heterocycles. The van der Waals surface area contributed by atoms with Gasteiger partial charge < -0.3 is 4.42 Å². The molecule has 1 aliphatic carbocycles. The molecule has 0 saturated heterocycles. The van der Waals surface area contributed by atoms with E-state index in [0.29, 0.717) is 12.5 Å². The van der Waals surface area contributed by atoms with Gasteiger partial charge in [0, 0.05) is 30.4 Å². The maximum atomic E-state index is 13.4. The summed E-state index contributed by atoms with van der Waals surface area (Å²) in [5, 5.41) is 15.9. The lowest BCUT2D eigenvalue weighted by atomic mass is 10.0. The number of thioether (sulfide) groups is 1. The van der Waals surface area contributed by atoms with Crippen molar-refractivity contribution in [3.8, 4) is 11.4 Å². The second kappa shape index (κ2) is 9.14. The van der Waals surface area contributed by atoms with E-state index < -0.39 is 0 Å². The van der Waals surface area contributed by atoms with Gasteiger partial charge in [-0.25, -0.2) is 5.01 Å². The van der Waals surface area contributed by atoms with Crippen molar-refractivity contribution in [2.45, 2.75) is 43.4 Å². The average molecular weight is 485 g/mol. The van der Waals surface area contributed by atoms with Gasteiger partial charge in [0.15, 0.2) is 11.0 Å². The second-order valence-electron chi connectivity index (χ2n) is 8.82. The molecule has 1 saturated carbocycles. The third-order valence-corrected chi connectivity index (χ3v) is 7.17. The molecule has 8 nitrogen and oxygen atoms in total. The smallest absolute Gasteiger partial charge is 0.253 e. The molecule has 4 heterocycles. The Morgan fingerprint density at radius 3 is 2.66 bits per heavy atom. The van der Waals surface area contributed by atoms with Crippen LogP contribution in [0.3, 0.4) is 0 Å². The topological polar surface area (TPSA) is 89.4 Å². The number of hydrogen-bond donors (Lipinski definition) is 0. The summed E-state index contributed by atoms with van der Waals surface area (Å²) >= 11 is 1.40. The van der Waals surface area contributed by atoms with Gasteiger partial charge >= 0.3 is 0 Å². The Hall–Kier alpha value is -3.72. The Kier molecular flexibility index (Phi) is 5.69. The van der Waals surface area contributed by atoms with E-state index in [1.165, 1.54) is 17.3 Å². The first-order valence-electron chi connectivity index (χ1n) is 11.7. The van der Waals surface area contributed by atoms with E-state index in [1.54, 1.807) is 23.7 Å². The lowest BCUT2D eigenvalue weighted by Crippen LogP contribution is -2.28. The molecule has 4 aromatic rings. The summed E-state index contributed by atoms with van der Waals surface area (Å²) in [4.78, 5) is 17.6. The largest absolute Gasteiger partial charge is 0.467 e. The van der Waals surface area contributed by atoms with Crippen LogP contribution in [0.1, 0.15) is 48.2 Å². The van der Waals surface area contributed by atoms with Crippen LogP contribution >= 0.6 is 11.8 Å². The summed E-state index contributed by atoms with van der Waals surface area (Å²) < 4.78 is 7.81. The van der Waals surface area contributed by atoms with Gasteiger partial charge in [-0.2, -0.15) is 5.10 Å². The van der Waals surface area contributed by atoms with E-state index in [2.05, 4.69) is 38.8 Å². The highest BCUT2D eigenvalue weighted by molar-refractivity contribution is 7.99. The summed E-state index contributed by atoms with van der Waals surface area (Å²) in [6.45, 7) is 2.05. The number of amides is 1. The zero-order valence-corrected chi connectivity index (χ0v) is 20.1. The molecule has 1 amide bonds. The zero-order chi connectivity index (χ0) is 23.8. The van der Waals surface area contributed by atoms with Crippen LogP contribution in [0, 0.1) is 6.92 Å². The molecule has 3 aromatic heterocycles. The molecule has 1 atom stereocenters.